The molecule has 1 aromatic heterocycles. The lowest BCUT2D eigenvalue weighted by molar-refractivity contribution is 0.102. The number of hydrogen-bond acceptors (Lipinski definition) is 5. The van der Waals surface area contributed by atoms with E-state index in [1.807, 2.05) is 56.3 Å². The summed E-state index contributed by atoms with van der Waals surface area (Å²) in [6.45, 7) is 3.95. The smallest absolute Gasteiger partial charge is 0.277 e. The van der Waals surface area contributed by atoms with Crippen molar-refractivity contribution in [1.29, 1.82) is 0 Å². The lowest BCUT2D eigenvalue weighted by atomic mass is 10.1. The highest BCUT2D eigenvalue weighted by Gasteiger charge is 2.16. The predicted molar refractivity (Wildman–Crippen MR) is 109 cm³/mol. The fraction of sp³-hybridized carbons (Fsp3) is 0.150. The molecule has 1 atom stereocenters. The van der Waals surface area contributed by atoms with E-state index < -0.39 is 11.5 Å². The van der Waals surface area contributed by atoms with Crippen LogP contribution in [0.25, 0.3) is 0 Å². The first kappa shape index (κ1) is 18.7. The molecule has 2 aromatic carbocycles. The number of carbonyl (C=O) groups excluding carboxylic acids is 1. The maximum Gasteiger partial charge on any atom is 0.277 e. The van der Waals surface area contributed by atoms with Crippen molar-refractivity contribution in [1.82, 2.24) is 9.97 Å². The third-order valence-electron chi connectivity index (χ3n) is 4.04. The summed E-state index contributed by atoms with van der Waals surface area (Å²) in [5.41, 5.74) is 8.00. The Morgan fingerprint density at radius 2 is 1.81 bits per heavy atom. The molecule has 1 amide bonds. The van der Waals surface area contributed by atoms with Crippen LogP contribution in [-0.4, -0.2) is 15.9 Å². The quantitative estimate of drug-likeness (QED) is 0.462. The van der Waals surface area contributed by atoms with Crippen LogP contribution in [-0.2, 0) is 0 Å². The Morgan fingerprint density at radius 3 is 2.44 bits per heavy atom. The van der Waals surface area contributed by atoms with Crippen molar-refractivity contribution < 1.29 is 4.79 Å². The van der Waals surface area contributed by atoms with Crippen LogP contribution in [0.15, 0.2) is 64.5 Å². The van der Waals surface area contributed by atoms with Gasteiger partial charge in [-0.15, -0.1) is 0 Å². The summed E-state index contributed by atoms with van der Waals surface area (Å²) in [5.74, 6) is -0.422. The third-order valence-corrected chi connectivity index (χ3v) is 5.08. The van der Waals surface area contributed by atoms with E-state index in [-0.39, 0.29) is 16.8 Å². The minimum absolute atomic E-state index is 0.0121. The van der Waals surface area contributed by atoms with Crippen LogP contribution in [0.4, 0.5) is 11.5 Å². The van der Waals surface area contributed by atoms with Gasteiger partial charge in [-0.3, -0.25) is 14.6 Å². The number of nitrogens with zero attached hydrogens (tertiary/aromatic N) is 1. The van der Waals surface area contributed by atoms with E-state index in [1.165, 1.54) is 11.8 Å². The van der Waals surface area contributed by atoms with Crippen LogP contribution < -0.4 is 16.6 Å². The predicted octanol–water partition coefficient (Wildman–Crippen LogP) is 3.77. The lowest BCUT2D eigenvalue weighted by Crippen LogP contribution is -2.23. The van der Waals surface area contributed by atoms with Crippen molar-refractivity contribution in [2.75, 3.05) is 11.1 Å². The molecule has 3 rings (SSSR count). The molecule has 0 fully saturated rings. The lowest BCUT2D eigenvalue weighted by Gasteiger charge is -2.12. The Hall–Kier alpha value is -3.06. The number of hydrogen-bond donors (Lipinski definition) is 3. The van der Waals surface area contributed by atoms with Gasteiger partial charge in [0.1, 0.15) is 5.69 Å². The van der Waals surface area contributed by atoms with E-state index >= 15 is 0 Å². The molecule has 7 heteroatoms. The van der Waals surface area contributed by atoms with Crippen molar-refractivity contribution in [3.05, 3.63) is 81.6 Å². The molecule has 0 radical (unpaired) electrons. The zero-order chi connectivity index (χ0) is 19.4. The number of nitrogens with one attached hydrogen (secondary N) is 2. The highest BCUT2D eigenvalue weighted by atomic mass is 32.2. The van der Waals surface area contributed by atoms with Gasteiger partial charge >= 0.3 is 0 Å². The zero-order valence-electron chi connectivity index (χ0n) is 15.0. The topological polar surface area (TPSA) is 101 Å². The highest BCUT2D eigenvalue weighted by molar-refractivity contribution is 7.99. The van der Waals surface area contributed by atoms with Crippen LogP contribution >= 0.6 is 11.8 Å². The Labute approximate surface area is 161 Å². The second-order valence-electron chi connectivity index (χ2n) is 6.12. The Balaban J connectivity index is 1.77. The van der Waals surface area contributed by atoms with Crippen molar-refractivity contribution in [3.8, 4) is 0 Å². The number of thioether (sulfide) groups is 1. The number of amides is 1. The van der Waals surface area contributed by atoms with Crippen molar-refractivity contribution in [2.24, 2.45) is 0 Å². The number of benzene rings is 2. The average molecular weight is 380 g/mol. The maximum atomic E-state index is 12.4. The number of aryl methyl sites for hydroxylation is 1. The van der Waals surface area contributed by atoms with Gasteiger partial charge in [0, 0.05) is 10.8 Å². The monoisotopic (exact) mass is 380 g/mol. The first-order valence-corrected chi connectivity index (χ1v) is 9.31. The van der Waals surface area contributed by atoms with Gasteiger partial charge in [-0.25, -0.2) is 4.98 Å². The summed E-state index contributed by atoms with van der Waals surface area (Å²) in [5, 5.41) is 3.04. The van der Waals surface area contributed by atoms with E-state index in [9.17, 15) is 9.59 Å². The molecule has 6 nitrogen and oxygen atoms in total. The van der Waals surface area contributed by atoms with Crippen molar-refractivity contribution >= 4 is 29.2 Å². The SMILES string of the molecule is Cc1ccc(C(=O)Nc2c(N)nc(S[C@H](C)c3ccccc3)[nH]c2=O)cc1. The number of nitrogens with two attached hydrogens (primary N) is 1. The molecule has 0 bridgehead atoms. The minimum atomic E-state index is -0.481. The molecule has 1 heterocycles. The molecule has 0 spiro atoms. The molecule has 0 aliphatic carbocycles. The number of H-pyrrole nitrogens is 1. The Morgan fingerprint density at radius 1 is 1.15 bits per heavy atom. The number of nitrogen functional groups attached to an aromatic ring is 1. The van der Waals surface area contributed by atoms with Crippen LogP contribution in [0.3, 0.4) is 0 Å². The molecular weight excluding hydrogens is 360 g/mol. The molecule has 0 saturated carbocycles. The van der Waals surface area contributed by atoms with E-state index in [0.29, 0.717) is 10.7 Å². The number of aromatic nitrogens is 2. The molecule has 4 N–H and O–H groups in total. The first-order valence-electron chi connectivity index (χ1n) is 8.43. The van der Waals surface area contributed by atoms with Crippen LogP contribution in [0.1, 0.15) is 33.7 Å². The largest absolute Gasteiger partial charge is 0.382 e. The van der Waals surface area contributed by atoms with E-state index in [4.69, 9.17) is 5.73 Å². The standard InChI is InChI=1S/C20H20N4O2S/c1-12-8-10-15(11-9-12)18(25)22-16-17(21)23-20(24-19(16)26)27-13(2)14-6-4-3-5-7-14/h3-11,13H,1-2H3,(H,22,25)(H3,21,23,24,26)/t13-/m1/s1. The van der Waals surface area contributed by atoms with Gasteiger partial charge in [0.2, 0.25) is 0 Å². The third kappa shape index (κ3) is 4.57. The van der Waals surface area contributed by atoms with Crippen LogP contribution in [0, 0.1) is 6.92 Å². The normalized spacial score (nSPS) is 11.8. The van der Waals surface area contributed by atoms with Gasteiger partial charge in [-0.05, 0) is 31.5 Å². The molecule has 3 aromatic rings. The Kier molecular flexibility index (Phi) is 5.61. The summed E-state index contributed by atoms with van der Waals surface area (Å²) in [7, 11) is 0. The van der Waals surface area contributed by atoms with Gasteiger partial charge in [-0.1, -0.05) is 59.8 Å². The fourth-order valence-corrected chi connectivity index (χ4v) is 3.43. The average Bonchev–Trinajstić information content (AvgIpc) is 2.66. The molecular formula is C20H20N4O2S. The maximum absolute atomic E-state index is 12.4. The molecule has 0 aliphatic heterocycles. The Bertz CT molecular complexity index is 1000. The number of aromatic amines is 1. The summed E-state index contributed by atoms with van der Waals surface area (Å²) < 4.78 is 0. The van der Waals surface area contributed by atoms with Gasteiger partial charge in [-0.2, -0.15) is 0 Å². The molecule has 0 saturated heterocycles. The number of anilines is 2. The molecule has 138 valence electrons. The van der Waals surface area contributed by atoms with Gasteiger partial charge in [0.05, 0.1) is 0 Å². The fourth-order valence-electron chi connectivity index (χ4n) is 2.50. The van der Waals surface area contributed by atoms with Crippen LogP contribution in [0.2, 0.25) is 0 Å². The summed E-state index contributed by atoms with van der Waals surface area (Å²) in [6.07, 6.45) is 0. The second-order valence-corrected chi connectivity index (χ2v) is 7.45. The van der Waals surface area contributed by atoms with Gasteiger partial charge in [0.25, 0.3) is 11.5 Å². The van der Waals surface area contributed by atoms with Gasteiger partial charge in [0.15, 0.2) is 11.0 Å². The second kappa shape index (κ2) is 8.09. The zero-order valence-corrected chi connectivity index (χ0v) is 15.8. The van der Waals surface area contributed by atoms with Crippen LogP contribution in [0.5, 0.6) is 0 Å². The summed E-state index contributed by atoms with van der Waals surface area (Å²) in [4.78, 5) is 31.6. The van der Waals surface area contributed by atoms with Gasteiger partial charge < -0.3 is 11.1 Å². The van der Waals surface area contributed by atoms with Crippen molar-refractivity contribution in [3.63, 3.8) is 0 Å². The molecule has 0 unspecified atom stereocenters. The summed E-state index contributed by atoms with van der Waals surface area (Å²) in [6, 6.07) is 16.9. The van der Waals surface area contributed by atoms with E-state index in [2.05, 4.69) is 15.3 Å². The van der Waals surface area contributed by atoms with E-state index in [1.54, 1.807) is 12.1 Å². The summed E-state index contributed by atoms with van der Waals surface area (Å²) >= 11 is 1.39. The molecule has 27 heavy (non-hydrogen) atoms. The highest BCUT2D eigenvalue weighted by Crippen LogP contribution is 2.32. The van der Waals surface area contributed by atoms with E-state index in [0.717, 1.165) is 11.1 Å². The minimum Gasteiger partial charge on any atom is -0.382 e. The number of rotatable bonds is 5. The number of carbonyl (C=O) groups is 1. The molecule has 0 aliphatic rings. The first-order chi connectivity index (χ1) is 12.9. The van der Waals surface area contributed by atoms with Crippen molar-refractivity contribution in [2.45, 2.75) is 24.3 Å².